The Morgan fingerprint density at radius 3 is 2.65 bits per heavy atom. The van der Waals surface area contributed by atoms with Gasteiger partial charge >= 0.3 is 0 Å². The molecule has 10 heteroatoms. The zero-order chi connectivity index (χ0) is 17.1. The number of hydrogen-bond donors (Lipinski definition) is 1. The summed E-state index contributed by atoms with van der Waals surface area (Å²) in [6.45, 7) is 2.89. The third-order valence-electron chi connectivity index (χ3n) is 3.10. The van der Waals surface area contributed by atoms with E-state index in [2.05, 4.69) is 20.7 Å². The number of hydrazone groups is 1. The van der Waals surface area contributed by atoms with Crippen LogP contribution in [0.25, 0.3) is 0 Å². The Balaban J connectivity index is 1.99. The molecule has 0 aliphatic rings. The van der Waals surface area contributed by atoms with Crippen molar-refractivity contribution in [2.45, 2.75) is 26.8 Å². The van der Waals surface area contributed by atoms with E-state index in [0.29, 0.717) is 11.4 Å². The number of aromatic nitrogens is 4. The molecule has 0 bridgehead atoms. The van der Waals surface area contributed by atoms with Crippen LogP contribution in [0.1, 0.15) is 29.1 Å². The topological polar surface area (TPSA) is 77.1 Å². The van der Waals surface area contributed by atoms with Crippen LogP contribution < -0.4 is 5.43 Å². The monoisotopic (exact) mass is 328 g/mol. The van der Waals surface area contributed by atoms with E-state index in [1.807, 2.05) is 0 Å². The number of carbonyl (C=O) groups excluding carboxylic acids is 1. The molecule has 0 aliphatic carbocycles. The standard InChI is InChI=1S/C13H15F3N6O/c1-7-4-10(12(14)15)20-22(7)6-11(23)18-17-5-9-8(2)19-21(3)13(9)16/h4-5,12H,6H2,1-3H3,(H,18,23). The number of nitrogens with one attached hydrogen (secondary N) is 1. The first-order valence-electron chi connectivity index (χ1n) is 6.63. The molecule has 7 nitrogen and oxygen atoms in total. The van der Waals surface area contributed by atoms with Crippen LogP contribution in [0, 0.1) is 19.8 Å². The van der Waals surface area contributed by atoms with E-state index in [1.54, 1.807) is 13.8 Å². The van der Waals surface area contributed by atoms with Crippen LogP contribution >= 0.6 is 0 Å². The lowest BCUT2D eigenvalue weighted by atomic mass is 10.3. The third kappa shape index (κ3) is 3.76. The molecule has 0 fully saturated rings. The second-order valence-corrected chi connectivity index (χ2v) is 4.88. The van der Waals surface area contributed by atoms with Gasteiger partial charge in [0.1, 0.15) is 12.2 Å². The van der Waals surface area contributed by atoms with Gasteiger partial charge in [-0.25, -0.2) is 18.9 Å². The molecule has 124 valence electrons. The maximum Gasteiger partial charge on any atom is 0.282 e. The number of halogens is 3. The number of rotatable bonds is 5. The van der Waals surface area contributed by atoms with Crippen LogP contribution in [0.4, 0.5) is 13.2 Å². The summed E-state index contributed by atoms with van der Waals surface area (Å²) in [5.41, 5.74) is 2.79. The second kappa shape index (κ2) is 6.63. The molecule has 23 heavy (non-hydrogen) atoms. The summed E-state index contributed by atoms with van der Waals surface area (Å²) >= 11 is 0. The molecule has 2 aromatic rings. The van der Waals surface area contributed by atoms with Gasteiger partial charge in [0.2, 0.25) is 5.95 Å². The van der Waals surface area contributed by atoms with Crippen LogP contribution in [-0.4, -0.2) is 31.7 Å². The number of alkyl halides is 2. The van der Waals surface area contributed by atoms with Gasteiger partial charge in [-0.1, -0.05) is 0 Å². The van der Waals surface area contributed by atoms with E-state index in [1.165, 1.54) is 13.1 Å². The van der Waals surface area contributed by atoms with Gasteiger partial charge in [0.15, 0.2) is 0 Å². The van der Waals surface area contributed by atoms with Gasteiger partial charge in [0.05, 0.1) is 17.5 Å². The molecule has 0 radical (unpaired) electrons. The number of hydrogen-bond acceptors (Lipinski definition) is 4. The minimum atomic E-state index is -2.70. The molecule has 0 atom stereocenters. The lowest BCUT2D eigenvalue weighted by Crippen LogP contribution is -2.24. The normalized spacial score (nSPS) is 11.6. The minimum Gasteiger partial charge on any atom is -0.271 e. The SMILES string of the molecule is Cc1nn(C)c(F)c1C=NNC(=O)Cn1nc(C(F)F)cc1C. The van der Waals surface area contributed by atoms with Crippen molar-refractivity contribution < 1.29 is 18.0 Å². The predicted molar refractivity (Wildman–Crippen MR) is 75.6 cm³/mol. The van der Waals surface area contributed by atoms with Crippen LogP contribution in [0.5, 0.6) is 0 Å². The van der Waals surface area contributed by atoms with Crippen molar-refractivity contribution >= 4 is 12.1 Å². The quantitative estimate of drug-likeness (QED) is 0.667. The molecule has 2 rings (SSSR count). The molecule has 0 aromatic carbocycles. The fourth-order valence-corrected chi connectivity index (χ4v) is 1.94. The highest BCUT2D eigenvalue weighted by atomic mass is 19.3. The average molecular weight is 328 g/mol. The molecule has 0 unspecified atom stereocenters. The maximum absolute atomic E-state index is 13.6. The van der Waals surface area contributed by atoms with Crippen molar-refractivity contribution in [1.82, 2.24) is 25.0 Å². The molecule has 2 heterocycles. The summed E-state index contributed by atoms with van der Waals surface area (Å²) in [5.74, 6) is -1.15. The zero-order valence-electron chi connectivity index (χ0n) is 12.7. The van der Waals surface area contributed by atoms with Gasteiger partial charge in [0, 0.05) is 12.7 Å². The number of aryl methyl sites for hydroxylation is 3. The molecule has 0 aliphatic heterocycles. The Kier molecular flexibility index (Phi) is 4.82. The number of amides is 1. The molecule has 2 aromatic heterocycles. The Morgan fingerprint density at radius 1 is 1.43 bits per heavy atom. The maximum atomic E-state index is 13.6. The van der Waals surface area contributed by atoms with E-state index >= 15 is 0 Å². The lowest BCUT2D eigenvalue weighted by Gasteiger charge is -2.02. The fraction of sp³-hybridized carbons (Fsp3) is 0.385. The molecule has 0 spiro atoms. The first-order valence-corrected chi connectivity index (χ1v) is 6.63. The summed E-state index contributed by atoms with van der Waals surface area (Å²) in [6.07, 6.45) is -1.57. The van der Waals surface area contributed by atoms with Crippen molar-refractivity contribution in [3.63, 3.8) is 0 Å². The Labute approximate surface area is 129 Å². The first-order chi connectivity index (χ1) is 10.8. The van der Waals surface area contributed by atoms with E-state index in [0.717, 1.165) is 15.6 Å². The number of nitrogens with zero attached hydrogens (tertiary/aromatic N) is 5. The van der Waals surface area contributed by atoms with Crippen LogP contribution in [0.2, 0.25) is 0 Å². The van der Waals surface area contributed by atoms with E-state index in [9.17, 15) is 18.0 Å². The van der Waals surface area contributed by atoms with Crippen LogP contribution in [0.15, 0.2) is 11.2 Å². The highest BCUT2D eigenvalue weighted by Crippen LogP contribution is 2.17. The van der Waals surface area contributed by atoms with Gasteiger partial charge in [-0.3, -0.25) is 9.48 Å². The van der Waals surface area contributed by atoms with Gasteiger partial charge in [-0.05, 0) is 19.9 Å². The summed E-state index contributed by atoms with van der Waals surface area (Å²) < 4.78 is 40.9. The second-order valence-electron chi connectivity index (χ2n) is 4.88. The van der Waals surface area contributed by atoms with Gasteiger partial charge in [-0.2, -0.15) is 19.7 Å². The van der Waals surface area contributed by atoms with E-state index in [-0.39, 0.29) is 12.1 Å². The zero-order valence-corrected chi connectivity index (χ0v) is 12.7. The van der Waals surface area contributed by atoms with Crippen molar-refractivity contribution in [1.29, 1.82) is 0 Å². The van der Waals surface area contributed by atoms with Gasteiger partial charge < -0.3 is 0 Å². The minimum absolute atomic E-state index is 0.156. The lowest BCUT2D eigenvalue weighted by molar-refractivity contribution is -0.121. The van der Waals surface area contributed by atoms with Gasteiger partial charge in [0.25, 0.3) is 12.3 Å². The van der Waals surface area contributed by atoms with Crippen LogP contribution in [-0.2, 0) is 18.4 Å². The molecular formula is C13H15F3N6O. The highest BCUT2D eigenvalue weighted by molar-refractivity contribution is 5.83. The smallest absolute Gasteiger partial charge is 0.271 e. The molecule has 1 N–H and O–H groups in total. The van der Waals surface area contributed by atoms with Crippen LogP contribution in [0.3, 0.4) is 0 Å². The van der Waals surface area contributed by atoms with Crippen molar-refractivity contribution in [2.75, 3.05) is 0 Å². The molecule has 0 saturated carbocycles. The predicted octanol–water partition coefficient (Wildman–Crippen LogP) is 1.46. The van der Waals surface area contributed by atoms with Gasteiger partial charge in [-0.15, -0.1) is 0 Å². The first kappa shape index (κ1) is 16.7. The molecule has 1 amide bonds. The largest absolute Gasteiger partial charge is 0.282 e. The summed E-state index contributed by atoms with van der Waals surface area (Å²) in [5, 5.41) is 11.1. The van der Waals surface area contributed by atoms with Crippen molar-refractivity contribution in [3.05, 3.63) is 34.7 Å². The Bertz CT molecular complexity index is 749. The summed E-state index contributed by atoms with van der Waals surface area (Å²) in [6, 6.07) is 1.20. The number of carbonyl (C=O) groups is 1. The third-order valence-corrected chi connectivity index (χ3v) is 3.10. The summed E-state index contributed by atoms with van der Waals surface area (Å²) in [4.78, 5) is 11.7. The highest BCUT2D eigenvalue weighted by Gasteiger charge is 2.15. The summed E-state index contributed by atoms with van der Waals surface area (Å²) in [7, 11) is 1.44. The molecular weight excluding hydrogens is 313 g/mol. The Morgan fingerprint density at radius 2 is 2.13 bits per heavy atom. The van der Waals surface area contributed by atoms with E-state index in [4.69, 9.17) is 0 Å². The average Bonchev–Trinajstić information content (AvgIpc) is 2.94. The van der Waals surface area contributed by atoms with Crippen molar-refractivity contribution in [3.8, 4) is 0 Å². The van der Waals surface area contributed by atoms with Crippen molar-refractivity contribution in [2.24, 2.45) is 12.1 Å². The van der Waals surface area contributed by atoms with E-state index < -0.39 is 24.0 Å². The molecule has 0 saturated heterocycles. The fourth-order valence-electron chi connectivity index (χ4n) is 1.94. The Hall–Kier alpha value is -2.65.